The molecule has 2 aromatic carbocycles. The summed E-state index contributed by atoms with van der Waals surface area (Å²) in [7, 11) is 0. The Bertz CT molecular complexity index is 878. The molecule has 3 rings (SSSR count). The topological polar surface area (TPSA) is 54.0 Å². The second kappa shape index (κ2) is 9.53. The predicted molar refractivity (Wildman–Crippen MR) is 110 cm³/mol. The molecule has 0 fully saturated rings. The molecule has 1 aromatic heterocycles. The van der Waals surface area contributed by atoms with Crippen molar-refractivity contribution in [1.82, 2.24) is 10.3 Å². The van der Waals surface area contributed by atoms with Crippen LogP contribution in [0.5, 0.6) is 0 Å². The summed E-state index contributed by atoms with van der Waals surface area (Å²) < 4.78 is 0. The largest absolute Gasteiger partial charge is 0.385 e. The monoisotopic (exact) mass is 359 g/mol. The molecule has 0 saturated carbocycles. The molecule has 4 heteroatoms. The van der Waals surface area contributed by atoms with E-state index in [0.29, 0.717) is 12.2 Å². The van der Waals surface area contributed by atoms with Gasteiger partial charge in [0, 0.05) is 25.0 Å². The van der Waals surface area contributed by atoms with Crippen molar-refractivity contribution in [3.05, 3.63) is 95.3 Å². The van der Waals surface area contributed by atoms with Gasteiger partial charge >= 0.3 is 0 Å². The Balaban J connectivity index is 1.48. The van der Waals surface area contributed by atoms with E-state index in [2.05, 4.69) is 45.9 Å². The Labute approximate surface area is 160 Å². The molecule has 0 aliphatic heterocycles. The molecule has 0 bridgehead atoms. The van der Waals surface area contributed by atoms with E-state index >= 15 is 0 Å². The van der Waals surface area contributed by atoms with Gasteiger partial charge in [-0.25, -0.2) is 0 Å². The first-order valence-electron chi connectivity index (χ1n) is 9.28. The molecular weight excluding hydrogens is 334 g/mol. The van der Waals surface area contributed by atoms with E-state index in [1.54, 1.807) is 12.3 Å². The van der Waals surface area contributed by atoms with E-state index in [9.17, 15) is 4.79 Å². The molecule has 27 heavy (non-hydrogen) atoms. The van der Waals surface area contributed by atoms with Gasteiger partial charge < -0.3 is 10.6 Å². The highest BCUT2D eigenvalue weighted by molar-refractivity contribution is 5.93. The lowest BCUT2D eigenvalue weighted by Crippen LogP contribution is -2.24. The van der Waals surface area contributed by atoms with Crippen LogP contribution < -0.4 is 10.6 Å². The summed E-state index contributed by atoms with van der Waals surface area (Å²) in [5.74, 6) is -0.163. The van der Waals surface area contributed by atoms with Crippen LogP contribution >= 0.6 is 0 Å². The number of aryl methyl sites for hydroxylation is 2. The van der Waals surface area contributed by atoms with Gasteiger partial charge in [-0.3, -0.25) is 9.78 Å². The number of amides is 1. The van der Waals surface area contributed by atoms with Crippen LogP contribution in [0.2, 0.25) is 0 Å². The van der Waals surface area contributed by atoms with Crippen molar-refractivity contribution in [1.29, 1.82) is 0 Å². The van der Waals surface area contributed by atoms with Gasteiger partial charge in [0.1, 0.15) is 5.69 Å². The zero-order valence-corrected chi connectivity index (χ0v) is 15.6. The van der Waals surface area contributed by atoms with Crippen molar-refractivity contribution in [2.24, 2.45) is 0 Å². The molecular formula is C23H25N3O. The Morgan fingerprint density at radius 1 is 0.963 bits per heavy atom. The maximum Gasteiger partial charge on any atom is 0.270 e. The Hall–Kier alpha value is -3.14. The average Bonchev–Trinajstić information content (AvgIpc) is 2.70. The van der Waals surface area contributed by atoms with Crippen molar-refractivity contribution in [2.75, 3.05) is 11.9 Å². The first-order chi connectivity index (χ1) is 13.2. The van der Waals surface area contributed by atoms with Crippen LogP contribution in [0.15, 0.2) is 72.9 Å². The highest BCUT2D eigenvalue weighted by atomic mass is 16.1. The summed E-state index contributed by atoms with van der Waals surface area (Å²) in [4.78, 5) is 16.6. The van der Waals surface area contributed by atoms with E-state index in [0.717, 1.165) is 30.6 Å². The number of carbonyl (C=O) groups excluding carboxylic acids is 1. The summed E-state index contributed by atoms with van der Waals surface area (Å²) in [6.07, 6.45) is 3.73. The molecule has 0 aliphatic carbocycles. The zero-order chi connectivity index (χ0) is 18.9. The van der Waals surface area contributed by atoms with Crippen LogP contribution in [0.4, 0.5) is 5.69 Å². The third kappa shape index (κ3) is 5.96. The number of carbonyl (C=O) groups is 1. The number of hydrogen-bond acceptors (Lipinski definition) is 3. The number of nitrogens with one attached hydrogen (secondary N) is 2. The molecule has 1 amide bonds. The number of nitrogens with zero attached hydrogens (tertiary/aromatic N) is 1. The van der Waals surface area contributed by atoms with E-state index in [-0.39, 0.29) is 5.91 Å². The average molecular weight is 359 g/mol. The molecule has 4 nitrogen and oxygen atoms in total. The van der Waals surface area contributed by atoms with Crippen molar-refractivity contribution < 1.29 is 4.79 Å². The number of pyridine rings is 1. The van der Waals surface area contributed by atoms with Crippen LogP contribution in [0.1, 0.15) is 33.6 Å². The minimum atomic E-state index is -0.163. The lowest BCUT2D eigenvalue weighted by atomic mass is 10.1. The van der Waals surface area contributed by atoms with Crippen LogP contribution in [0.3, 0.4) is 0 Å². The van der Waals surface area contributed by atoms with Crippen LogP contribution in [0, 0.1) is 6.92 Å². The summed E-state index contributed by atoms with van der Waals surface area (Å²) >= 11 is 0. The third-order valence-electron chi connectivity index (χ3n) is 4.34. The van der Waals surface area contributed by atoms with Crippen LogP contribution in [-0.2, 0) is 13.0 Å². The molecule has 0 aliphatic rings. The van der Waals surface area contributed by atoms with Gasteiger partial charge in [-0.2, -0.15) is 0 Å². The lowest BCUT2D eigenvalue weighted by Gasteiger charge is -2.09. The van der Waals surface area contributed by atoms with Gasteiger partial charge in [0.15, 0.2) is 0 Å². The second-order valence-electron chi connectivity index (χ2n) is 6.62. The Kier molecular flexibility index (Phi) is 6.58. The first-order valence-corrected chi connectivity index (χ1v) is 9.28. The molecule has 0 spiro atoms. The van der Waals surface area contributed by atoms with Crippen molar-refractivity contribution in [2.45, 2.75) is 26.3 Å². The molecule has 138 valence electrons. The Morgan fingerprint density at radius 2 is 1.78 bits per heavy atom. The first kappa shape index (κ1) is 18.6. The fourth-order valence-electron chi connectivity index (χ4n) is 2.93. The smallest absolute Gasteiger partial charge is 0.270 e. The molecule has 0 saturated heterocycles. The van der Waals surface area contributed by atoms with E-state index < -0.39 is 0 Å². The van der Waals surface area contributed by atoms with E-state index in [4.69, 9.17) is 0 Å². The fraction of sp³-hybridized carbons (Fsp3) is 0.217. The third-order valence-corrected chi connectivity index (χ3v) is 4.34. The highest BCUT2D eigenvalue weighted by Crippen LogP contribution is 2.10. The number of rotatable bonds is 8. The minimum Gasteiger partial charge on any atom is -0.385 e. The fourth-order valence-corrected chi connectivity index (χ4v) is 2.93. The Morgan fingerprint density at radius 3 is 2.59 bits per heavy atom. The standard InChI is InChI=1S/C23H25N3O/c1-18-7-5-10-20(15-18)17-26-23(27)22-16-21(12-14-25-22)24-13-6-11-19-8-3-2-4-9-19/h2-5,7-10,12,14-16H,6,11,13,17H2,1H3,(H,24,25)(H,26,27). The number of benzene rings is 2. The summed E-state index contributed by atoms with van der Waals surface area (Å²) in [5.41, 5.74) is 4.94. The summed E-state index contributed by atoms with van der Waals surface area (Å²) in [5, 5.41) is 6.30. The molecule has 0 radical (unpaired) electrons. The highest BCUT2D eigenvalue weighted by Gasteiger charge is 2.08. The normalized spacial score (nSPS) is 10.4. The zero-order valence-electron chi connectivity index (χ0n) is 15.6. The molecule has 0 unspecified atom stereocenters. The van der Waals surface area contributed by atoms with Gasteiger partial charge in [-0.05, 0) is 43.0 Å². The lowest BCUT2D eigenvalue weighted by molar-refractivity contribution is 0.0946. The van der Waals surface area contributed by atoms with Crippen molar-refractivity contribution in [3.63, 3.8) is 0 Å². The number of anilines is 1. The SMILES string of the molecule is Cc1cccc(CNC(=O)c2cc(NCCCc3ccccc3)ccn2)c1. The predicted octanol–water partition coefficient (Wildman–Crippen LogP) is 4.36. The van der Waals surface area contributed by atoms with E-state index in [1.807, 2.05) is 37.3 Å². The number of aromatic nitrogens is 1. The minimum absolute atomic E-state index is 0.163. The second-order valence-corrected chi connectivity index (χ2v) is 6.62. The molecule has 0 atom stereocenters. The van der Waals surface area contributed by atoms with Crippen LogP contribution in [-0.4, -0.2) is 17.4 Å². The van der Waals surface area contributed by atoms with Gasteiger partial charge in [-0.1, -0.05) is 60.2 Å². The maximum atomic E-state index is 12.4. The summed E-state index contributed by atoms with van der Waals surface area (Å²) in [6, 6.07) is 22.2. The maximum absolute atomic E-state index is 12.4. The number of hydrogen-bond donors (Lipinski definition) is 2. The molecule has 2 N–H and O–H groups in total. The molecule has 3 aromatic rings. The quantitative estimate of drug-likeness (QED) is 0.588. The molecule has 1 heterocycles. The van der Waals surface area contributed by atoms with Crippen molar-refractivity contribution >= 4 is 11.6 Å². The van der Waals surface area contributed by atoms with Crippen molar-refractivity contribution in [3.8, 4) is 0 Å². The van der Waals surface area contributed by atoms with Crippen LogP contribution in [0.25, 0.3) is 0 Å². The van der Waals surface area contributed by atoms with Gasteiger partial charge in [0.25, 0.3) is 5.91 Å². The van der Waals surface area contributed by atoms with Gasteiger partial charge in [-0.15, -0.1) is 0 Å². The van der Waals surface area contributed by atoms with E-state index in [1.165, 1.54) is 11.1 Å². The van der Waals surface area contributed by atoms with Gasteiger partial charge in [0.05, 0.1) is 0 Å². The summed E-state index contributed by atoms with van der Waals surface area (Å²) in [6.45, 7) is 3.39. The van der Waals surface area contributed by atoms with Gasteiger partial charge in [0.2, 0.25) is 0 Å².